The van der Waals surface area contributed by atoms with Gasteiger partial charge in [-0.3, -0.25) is 0 Å². The average molecular weight is 312 g/mol. The monoisotopic (exact) mass is 311 g/mol. The van der Waals surface area contributed by atoms with Gasteiger partial charge >= 0.3 is 0 Å². The van der Waals surface area contributed by atoms with E-state index in [1.54, 1.807) is 0 Å². The van der Waals surface area contributed by atoms with Crippen molar-refractivity contribution in [3.05, 3.63) is 22.3 Å². The standard InChI is InChI=1S/C14H22BrN3/c1-11-13(15)4-5-14(16-11)18(3)10-12-6-8-17(2)9-7-12/h4-5,12H,6-10H2,1-3H3. The van der Waals surface area contributed by atoms with Gasteiger partial charge in [0.2, 0.25) is 0 Å². The number of hydrogen-bond acceptors (Lipinski definition) is 3. The third-order valence-corrected chi connectivity index (χ3v) is 4.61. The second kappa shape index (κ2) is 6.02. The molecule has 2 rings (SSSR count). The summed E-state index contributed by atoms with van der Waals surface area (Å²) in [5.74, 6) is 1.88. The molecular formula is C14H22BrN3. The number of rotatable bonds is 3. The zero-order chi connectivity index (χ0) is 13.1. The Morgan fingerprint density at radius 3 is 2.67 bits per heavy atom. The van der Waals surface area contributed by atoms with E-state index < -0.39 is 0 Å². The topological polar surface area (TPSA) is 19.4 Å². The highest BCUT2D eigenvalue weighted by molar-refractivity contribution is 9.10. The average Bonchev–Trinajstić information content (AvgIpc) is 2.35. The minimum atomic E-state index is 0.803. The van der Waals surface area contributed by atoms with Gasteiger partial charge in [0.1, 0.15) is 5.82 Å². The van der Waals surface area contributed by atoms with Crippen LogP contribution in [0, 0.1) is 12.8 Å². The van der Waals surface area contributed by atoms with E-state index in [1.165, 1.54) is 25.9 Å². The zero-order valence-corrected chi connectivity index (χ0v) is 13.1. The van der Waals surface area contributed by atoms with Crippen molar-refractivity contribution in [2.45, 2.75) is 19.8 Å². The number of piperidine rings is 1. The summed E-state index contributed by atoms with van der Waals surface area (Å²) >= 11 is 3.50. The second-order valence-electron chi connectivity index (χ2n) is 5.36. The molecule has 1 aromatic rings. The summed E-state index contributed by atoms with van der Waals surface area (Å²) < 4.78 is 1.08. The molecule has 1 aliphatic heterocycles. The molecule has 18 heavy (non-hydrogen) atoms. The van der Waals surface area contributed by atoms with E-state index in [4.69, 9.17) is 0 Å². The van der Waals surface area contributed by atoms with Crippen molar-refractivity contribution < 1.29 is 0 Å². The number of halogens is 1. The maximum Gasteiger partial charge on any atom is 0.128 e. The summed E-state index contributed by atoms with van der Waals surface area (Å²) in [5.41, 5.74) is 1.06. The molecule has 0 N–H and O–H groups in total. The molecular weight excluding hydrogens is 290 g/mol. The molecule has 2 heterocycles. The molecule has 3 nitrogen and oxygen atoms in total. The van der Waals surface area contributed by atoms with E-state index in [-0.39, 0.29) is 0 Å². The van der Waals surface area contributed by atoms with Crippen LogP contribution in [0.3, 0.4) is 0 Å². The van der Waals surface area contributed by atoms with Crippen LogP contribution >= 0.6 is 15.9 Å². The Bertz CT molecular complexity index is 400. The lowest BCUT2D eigenvalue weighted by Gasteiger charge is -2.32. The van der Waals surface area contributed by atoms with Crippen molar-refractivity contribution >= 4 is 21.7 Å². The Labute approximate surface area is 118 Å². The molecule has 1 aliphatic rings. The molecule has 4 heteroatoms. The van der Waals surface area contributed by atoms with Gasteiger partial charge in [0.05, 0.1) is 5.69 Å². The van der Waals surface area contributed by atoms with Crippen molar-refractivity contribution in [3.8, 4) is 0 Å². The predicted octanol–water partition coefficient (Wildman–Crippen LogP) is 2.93. The normalized spacial score (nSPS) is 18.0. The van der Waals surface area contributed by atoms with Crippen LogP contribution in [-0.2, 0) is 0 Å². The van der Waals surface area contributed by atoms with Crippen LogP contribution in [0.15, 0.2) is 16.6 Å². The Kier molecular flexibility index (Phi) is 4.62. The smallest absolute Gasteiger partial charge is 0.128 e. The SMILES string of the molecule is Cc1nc(N(C)CC2CCN(C)CC2)ccc1Br. The number of anilines is 1. The van der Waals surface area contributed by atoms with Crippen LogP contribution in [0.5, 0.6) is 0 Å². The summed E-state index contributed by atoms with van der Waals surface area (Å²) in [6.45, 7) is 5.61. The van der Waals surface area contributed by atoms with Crippen molar-refractivity contribution in [3.63, 3.8) is 0 Å². The van der Waals surface area contributed by atoms with Crippen LogP contribution in [0.4, 0.5) is 5.82 Å². The highest BCUT2D eigenvalue weighted by Gasteiger charge is 2.18. The molecule has 0 aliphatic carbocycles. The first-order chi connectivity index (χ1) is 8.56. The number of hydrogen-bond donors (Lipinski definition) is 0. The molecule has 0 unspecified atom stereocenters. The lowest BCUT2D eigenvalue weighted by atomic mass is 9.97. The highest BCUT2D eigenvalue weighted by atomic mass is 79.9. The Morgan fingerprint density at radius 2 is 2.06 bits per heavy atom. The van der Waals surface area contributed by atoms with E-state index >= 15 is 0 Å². The third-order valence-electron chi connectivity index (χ3n) is 3.77. The van der Waals surface area contributed by atoms with E-state index in [9.17, 15) is 0 Å². The summed E-state index contributed by atoms with van der Waals surface area (Å²) in [4.78, 5) is 9.32. The van der Waals surface area contributed by atoms with Crippen molar-refractivity contribution in [2.24, 2.45) is 5.92 Å². The van der Waals surface area contributed by atoms with Crippen LogP contribution in [0.2, 0.25) is 0 Å². The zero-order valence-electron chi connectivity index (χ0n) is 11.5. The fourth-order valence-electron chi connectivity index (χ4n) is 2.47. The van der Waals surface area contributed by atoms with Gasteiger partial charge in [-0.15, -0.1) is 0 Å². The van der Waals surface area contributed by atoms with Crippen molar-refractivity contribution in [2.75, 3.05) is 38.6 Å². The number of aryl methyl sites for hydroxylation is 1. The van der Waals surface area contributed by atoms with Crippen LogP contribution in [0.1, 0.15) is 18.5 Å². The minimum absolute atomic E-state index is 0.803. The molecule has 1 fully saturated rings. The quantitative estimate of drug-likeness (QED) is 0.855. The first-order valence-corrected chi connectivity index (χ1v) is 7.38. The van der Waals surface area contributed by atoms with E-state index in [0.29, 0.717) is 0 Å². The molecule has 0 saturated carbocycles. The Hall–Kier alpha value is -0.610. The molecule has 0 spiro atoms. The first-order valence-electron chi connectivity index (χ1n) is 6.59. The van der Waals surface area contributed by atoms with Crippen molar-refractivity contribution in [1.82, 2.24) is 9.88 Å². The largest absolute Gasteiger partial charge is 0.359 e. The summed E-state index contributed by atoms with van der Waals surface area (Å²) in [5, 5.41) is 0. The fourth-order valence-corrected chi connectivity index (χ4v) is 2.69. The lowest BCUT2D eigenvalue weighted by Crippen LogP contribution is -2.36. The molecule has 0 atom stereocenters. The summed E-state index contributed by atoms with van der Waals surface area (Å²) in [6, 6.07) is 4.18. The molecule has 0 radical (unpaired) electrons. The highest BCUT2D eigenvalue weighted by Crippen LogP contribution is 2.22. The summed E-state index contributed by atoms with van der Waals surface area (Å²) in [7, 11) is 4.35. The van der Waals surface area contributed by atoms with Gasteiger partial charge in [-0.25, -0.2) is 4.98 Å². The van der Waals surface area contributed by atoms with Crippen LogP contribution in [0.25, 0.3) is 0 Å². The maximum atomic E-state index is 4.62. The molecule has 100 valence electrons. The molecule has 1 aromatic heterocycles. The Balaban J connectivity index is 1.94. The lowest BCUT2D eigenvalue weighted by molar-refractivity contribution is 0.222. The molecule has 0 bridgehead atoms. The van der Waals surface area contributed by atoms with Crippen molar-refractivity contribution in [1.29, 1.82) is 0 Å². The van der Waals surface area contributed by atoms with Gasteiger partial charge in [-0.1, -0.05) is 0 Å². The molecule has 0 aromatic carbocycles. The van der Waals surface area contributed by atoms with Crippen LogP contribution in [-0.4, -0.2) is 43.6 Å². The summed E-state index contributed by atoms with van der Waals surface area (Å²) in [6.07, 6.45) is 2.60. The van der Waals surface area contributed by atoms with Gasteiger partial charge in [-0.2, -0.15) is 0 Å². The predicted molar refractivity (Wildman–Crippen MR) is 80.2 cm³/mol. The number of likely N-dealkylation sites (tertiary alicyclic amines) is 1. The molecule has 1 saturated heterocycles. The van der Waals surface area contributed by atoms with Crippen LogP contribution < -0.4 is 4.90 Å². The van der Waals surface area contributed by atoms with Gasteiger partial charge < -0.3 is 9.80 Å². The second-order valence-corrected chi connectivity index (χ2v) is 6.22. The van der Waals surface area contributed by atoms with E-state index in [2.05, 4.69) is 56.9 Å². The number of pyridine rings is 1. The maximum absolute atomic E-state index is 4.62. The molecule has 0 amide bonds. The minimum Gasteiger partial charge on any atom is -0.359 e. The number of aromatic nitrogens is 1. The van der Waals surface area contributed by atoms with Gasteiger partial charge in [-0.05, 0) is 73.9 Å². The van der Waals surface area contributed by atoms with Gasteiger partial charge in [0.15, 0.2) is 0 Å². The van der Waals surface area contributed by atoms with Gasteiger partial charge in [0.25, 0.3) is 0 Å². The van der Waals surface area contributed by atoms with E-state index in [1.807, 2.05) is 6.92 Å². The third kappa shape index (κ3) is 3.45. The number of nitrogens with zero attached hydrogens (tertiary/aromatic N) is 3. The fraction of sp³-hybridized carbons (Fsp3) is 0.643. The van der Waals surface area contributed by atoms with E-state index in [0.717, 1.165) is 28.4 Å². The Morgan fingerprint density at radius 1 is 1.39 bits per heavy atom. The van der Waals surface area contributed by atoms with Gasteiger partial charge in [0, 0.05) is 18.1 Å². The first kappa shape index (κ1) is 13.8.